The lowest BCUT2D eigenvalue weighted by Crippen LogP contribution is -2.18. The average molecular weight is 312 g/mol. The SMILES string of the molecule is COc1cc(-n2cncc2C(N)CO)ccc1Br. The number of nitrogens with zero attached hydrogens (tertiary/aromatic N) is 2. The van der Waals surface area contributed by atoms with Gasteiger partial charge in [0.1, 0.15) is 5.75 Å². The minimum atomic E-state index is -0.456. The van der Waals surface area contributed by atoms with Gasteiger partial charge in [0.15, 0.2) is 0 Å². The Kier molecular flexibility index (Phi) is 4.00. The maximum Gasteiger partial charge on any atom is 0.135 e. The van der Waals surface area contributed by atoms with Crippen molar-refractivity contribution in [2.45, 2.75) is 6.04 Å². The van der Waals surface area contributed by atoms with Crippen molar-refractivity contribution in [2.75, 3.05) is 13.7 Å². The summed E-state index contributed by atoms with van der Waals surface area (Å²) in [5.41, 5.74) is 7.46. The molecule has 2 rings (SSSR count). The molecule has 1 unspecified atom stereocenters. The summed E-state index contributed by atoms with van der Waals surface area (Å²) in [6.45, 7) is -0.126. The first-order valence-corrected chi connectivity index (χ1v) is 6.19. The molecule has 0 aliphatic heterocycles. The topological polar surface area (TPSA) is 73.3 Å². The lowest BCUT2D eigenvalue weighted by atomic mass is 10.2. The summed E-state index contributed by atoms with van der Waals surface area (Å²) in [7, 11) is 1.61. The van der Waals surface area contributed by atoms with Crippen molar-refractivity contribution in [1.82, 2.24) is 9.55 Å². The van der Waals surface area contributed by atoms with Gasteiger partial charge in [0.2, 0.25) is 0 Å². The summed E-state index contributed by atoms with van der Waals surface area (Å²) in [5.74, 6) is 0.727. The summed E-state index contributed by atoms with van der Waals surface area (Å²) < 4.78 is 7.96. The Bertz CT molecular complexity index is 542. The van der Waals surface area contributed by atoms with Crippen LogP contribution in [0.5, 0.6) is 5.75 Å². The molecule has 0 saturated carbocycles. The molecule has 5 nitrogen and oxygen atoms in total. The first kappa shape index (κ1) is 13.1. The van der Waals surface area contributed by atoms with Gasteiger partial charge in [0.25, 0.3) is 0 Å². The molecule has 0 amide bonds. The monoisotopic (exact) mass is 311 g/mol. The van der Waals surface area contributed by atoms with Gasteiger partial charge in [0, 0.05) is 6.07 Å². The third kappa shape index (κ3) is 2.40. The molecule has 1 aromatic heterocycles. The van der Waals surface area contributed by atoms with Crippen LogP contribution in [0.3, 0.4) is 0 Å². The smallest absolute Gasteiger partial charge is 0.135 e. The maximum absolute atomic E-state index is 9.12. The predicted octanol–water partition coefficient (Wildman–Crippen LogP) is 1.64. The Morgan fingerprint density at radius 3 is 3.00 bits per heavy atom. The van der Waals surface area contributed by atoms with E-state index in [0.717, 1.165) is 21.6 Å². The fraction of sp³-hybridized carbons (Fsp3) is 0.250. The normalized spacial score (nSPS) is 12.4. The van der Waals surface area contributed by atoms with Gasteiger partial charge in [0.05, 0.1) is 48.1 Å². The second kappa shape index (κ2) is 5.51. The Labute approximate surface area is 113 Å². The molecular weight excluding hydrogens is 298 g/mol. The zero-order valence-electron chi connectivity index (χ0n) is 9.88. The van der Waals surface area contributed by atoms with Crippen molar-refractivity contribution in [2.24, 2.45) is 5.73 Å². The highest BCUT2D eigenvalue weighted by atomic mass is 79.9. The summed E-state index contributed by atoms with van der Waals surface area (Å²) in [6.07, 6.45) is 3.31. The Morgan fingerprint density at radius 1 is 1.56 bits per heavy atom. The van der Waals surface area contributed by atoms with E-state index in [0.29, 0.717) is 0 Å². The van der Waals surface area contributed by atoms with E-state index in [1.807, 2.05) is 22.8 Å². The standard InChI is InChI=1S/C12H14BrN3O2/c1-18-12-4-8(2-3-9(12)13)16-7-15-5-11(16)10(14)6-17/h2-5,7,10,17H,6,14H2,1H3. The molecule has 0 spiro atoms. The summed E-state index contributed by atoms with van der Waals surface area (Å²) >= 11 is 3.40. The van der Waals surface area contributed by atoms with Crippen LogP contribution in [-0.4, -0.2) is 28.4 Å². The van der Waals surface area contributed by atoms with E-state index >= 15 is 0 Å². The number of imidazole rings is 1. The van der Waals surface area contributed by atoms with Gasteiger partial charge in [-0.1, -0.05) is 0 Å². The largest absolute Gasteiger partial charge is 0.495 e. The third-order valence-electron chi connectivity index (χ3n) is 2.66. The highest BCUT2D eigenvalue weighted by molar-refractivity contribution is 9.10. The molecule has 1 heterocycles. The van der Waals surface area contributed by atoms with Crippen LogP contribution in [0.25, 0.3) is 5.69 Å². The summed E-state index contributed by atoms with van der Waals surface area (Å²) in [6, 6.07) is 5.23. The first-order chi connectivity index (χ1) is 8.67. The second-order valence-electron chi connectivity index (χ2n) is 3.80. The quantitative estimate of drug-likeness (QED) is 0.900. The number of nitrogens with two attached hydrogens (primary N) is 1. The number of aliphatic hydroxyl groups is 1. The molecule has 6 heteroatoms. The minimum Gasteiger partial charge on any atom is -0.495 e. The minimum absolute atomic E-state index is 0.126. The van der Waals surface area contributed by atoms with Crippen molar-refractivity contribution < 1.29 is 9.84 Å². The van der Waals surface area contributed by atoms with Crippen LogP contribution in [0.1, 0.15) is 11.7 Å². The van der Waals surface area contributed by atoms with Gasteiger partial charge in [-0.2, -0.15) is 0 Å². The van der Waals surface area contributed by atoms with E-state index in [-0.39, 0.29) is 6.61 Å². The molecule has 1 aromatic carbocycles. The van der Waals surface area contributed by atoms with E-state index in [4.69, 9.17) is 15.6 Å². The lowest BCUT2D eigenvalue weighted by molar-refractivity contribution is 0.265. The number of halogens is 1. The Morgan fingerprint density at radius 2 is 2.33 bits per heavy atom. The van der Waals surface area contributed by atoms with Crippen LogP contribution in [0.15, 0.2) is 35.2 Å². The maximum atomic E-state index is 9.12. The van der Waals surface area contributed by atoms with Crippen molar-refractivity contribution in [3.05, 3.63) is 40.9 Å². The zero-order valence-corrected chi connectivity index (χ0v) is 11.5. The number of ether oxygens (including phenoxy) is 1. The first-order valence-electron chi connectivity index (χ1n) is 5.40. The van der Waals surface area contributed by atoms with Crippen LogP contribution in [0.2, 0.25) is 0 Å². The van der Waals surface area contributed by atoms with Crippen molar-refractivity contribution in [3.63, 3.8) is 0 Å². The van der Waals surface area contributed by atoms with Gasteiger partial charge < -0.3 is 20.1 Å². The van der Waals surface area contributed by atoms with Crippen LogP contribution in [0, 0.1) is 0 Å². The molecule has 96 valence electrons. The number of hydrogen-bond acceptors (Lipinski definition) is 4. The van der Waals surface area contributed by atoms with E-state index in [9.17, 15) is 0 Å². The zero-order chi connectivity index (χ0) is 13.1. The highest BCUT2D eigenvalue weighted by Crippen LogP contribution is 2.28. The van der Waals surface area contributed by atoms with Gasteiger partial charge in [-0.05, 0) is 28.1 Å². The molecule has 0 aliphatic carbocycles. The van der Waals surface area contributed by atoms with Gasteiger partial charge in [-0.15, -0.1) is 0 Å². The van der Waals surface area contributed by atoms with E-state index in [2.05, 4.69) is 20.9 Å². The number of benzene rings is 1. The third-order valence-corrected chi connectivity index (χ3v) is 3.31. The van der Waals surface area contributed by atoms with Gasteiger partial charge in [-0.3, -0.25) is 0 Å². The molecule has 0 aliphatic rings. The van der Waals surface area contributed by atoms with Crippen LogP contribution in [0.4, 0.5) is 0 Å². The van der Waals surface area contributed by atoms with Gasteiger partial charge >= 0.3 is 0 Å². The Balaban J connectivity index is 2.46. The highest BCUT2D eigenvalue weighted by Gasteiger charge is 2.12. The van der Waals surface area contributed by atoms with Crippen molar-refractivity contribution >= 4 is 15.9 Å². The molecule has 1 atom stereocenters. The van der Waals surface area contributed by atoms with E-state index < -0.39 is 6.04 Å². The van der Waals surface area contributed by atoms with Crippen LogP contribution in [-0.2, 0) is 0 Å². The molecule has 3 N–H and O–H groups in total. The van der Waals surface area contributed by atoms with Crippen LogP contribution >= 0.6 is 15.9 Å². The average Bonchev–Trinajstić information content (AvgIpc) is 2.87. The van der Waals surface area contributed by atoms with E-state index in [1.54, 1.807) is 19.6 Å². The van der Waals surface area contributed by atoms with E-state index in [1.165, 1.54) is 0 Å². The molecular formula is C12H14BrN3O2. The molecule has 18 heavy (non-hydrogen) atoms. The van der Waals surface area contributed by atoms with Gasteiger partial charge in [-0.25, -0.2) is 4.98 Å². The molecule has 2 aromatic rings. The van der Waals surface area contributed by atoms with Crippen molar-refractivity contribution in [1.29, 1.82) is 0 Å². The fourth-order valence-electron chi connectivity index (χ4n) is 1.69. The van der Waals surface area contributed by atoms with Crippen LogP contribution < -0.4 is 10.5 Å². The molecule has 0 saturated heterocycles. The number of methoxy groups -OCH3 is 1. The predicted molar refractivity (Wildman–Crippen MR) is 71.8 cm³/mol. The molecule has 0 radical (unpaired) electrons. The second-order valence-corrected chi connectivity index (χ2v) is 4.65. The number of aromatic nitrogens is 2. The molecule has 0 bridgehead atoms. The lowest BCUT2D eigenvalue weighted by Gasteiger charge is -2.13. The number of rotatable bonds is 4. The fourth-order valence-corrected chi connectivity index (χ4v) is 2.10. The summed E-state index contributed by atoms with van der Waals surface area (Å²) in [4.78, 5) is 4.06. The number of hydrogen-bond donors (Lipinski definition) is 2. The number of aliphatic hydroxyl groups excluding tert-OH is 1. The molecule has 0 fully saturated rings. The summed E-state index contributed by atoms with van der Waals surface area (Å²) in [5, 5.41) is 9.12. The van der Waals surface area contributed by atoms with Crippen molar-refractivity contribution in [3.8, 4) is 11.4 Å². The Hall–Kier alpha value is -1.37.